The van der Waals surface area contributed by atoms with E-state index in [2.05, 4.69) is 4.99 Å². The molecule has 0 unspecified atom stereocenters. The highest BCUT2D eigenvalue weighted by Crippen LogP contribution is 2.21. The van der Waals surface area contributed by atoms with Crippen LogP contribution in [0, 0.1) is 0 Å². The van der Waals surface area contributed by atoms with Gasteiger partial charge in [-0.15, -0.1) is 11.8 Å². The maximum Gasteiger partial charge on any atom is 0.333 e. The van der Waals surface area contributed by atoms with Crippen molar-refractivity contribution in [2.75, 3.05) is 7.05 Å². The molecule has 0 saturated carbocycles. The Hall–Kier alpha value is -2.28. The minimum Gasteiger partial charge on any atom is -0.494 e. The number of hydrogen-bond acceptors (Lipinski definition) is 5. The number of nitrogens with zero attached hydrogens (tertiary/aromatic N) is 3. The molecule has 6 nitrogen and oxygen atoms in total. The smallest absolute Gasteiger partial charge is 0.333 e. The third kappa shape index (κ3) is 2.99. The van der Waals surface area contributed by atoms with Gasteiger partial charge in [0.2, 0.25) is 5.88 Å². The average molecular weight is 319 g/mol. The third-order valence-corrected chi connectivity index (χ3v) is 4.41. The van der Waals surface area contributed by atoms with Crippen molar-refractivity contribution in [3.05, 3.63) is 62.3 Å². The van der Waals surface area contributed by atoms with Crippen molar-refractivity contribution in [1.29, 1.82) is 0 Å². The molecule has 1 N–H and O–H groups in total. The number of aromatic hydroxyl groups is 1. The monoisotopic (exact) mass is 319 g/mol. The van der Waals surface area contributed by atoms with Gasteiger partial charge in [-0.05, 0) is 5.56 Å². The molecule has 7 heteroatoms. The van der Waals surface area contributed by atoms with Gasteiger partial charge >= 0.3 is 5.69 Å². The van der Waals surface area contributed by atoms with Crippen LogP contribution < -0.4 is 11.2 Å². The SMILES string of the molecule is CN=C(SCc1ccccc1)c1c(O)n(C)c(=O)n(C)c1=O. The summed E-state index contributed by atoms with van der Waals surface area (Å²) < 4.78 is 1.99. The molecule has 1 aromatic carbocycles. The van der Waals surface area contributed by atoms with Crippen LogP contribution in [-0.4, -0.2) is 26.3 Å². The Balaban J connectivity index is 2.41. The Labute approximate surface area is 131 Å². The molecule has 1 aromatic heterocycles. The van der Waals surface area contributed by atoms with Crippen molar-refractivity contribution in [3.63, 3.8) is 0 Å². The lowest BCUT2D eigenvalue weighted by molar-refractivity contribution is 0.410. The predicted octanol–water partition coefficient (Wildman–Crippen LogP) is 1.10. The Morgan fingerprint density at radius 1 is 1.18 bits per heavy atom. The molecular formula is C15H17N3O3S. The molecule has 1 heterocycles. The first kappa shape index (κ1) is 16.1. The van der Waals surface area contributed by atoms with E-state index in [0.717, 1.165) is 14.7 Å². The summed E-state index contributed by atoms with van der Waals surface area (Å²) in [5.41, 5.74) is -0.000612. The van der Waals surface area contributed by atoms with Crippen LogP contribution in [0.15, 0.2) is 44.9 Å². The van der Waals surface area contributed by atoms with Crippen molar-refractivity contribution in [2.24, 2.45) is 19.1 Å². The molecular weight excluding hydrogens is 302 g/mol. The summed E-state index contributed by atoms with van der Waals surface area (Å²) in [4.78, 5) is 28.1. The Morgan fingerprint density at radius 3 is 2.41 bits per heavy atom. The van der Waals surface area contributed by atoms with Crippen LogP contribution in [0.25, 0.3) is 0 Å². The van der Waals surface area contributed by atoms with Crippen molar-refractivity contribution in [2.45, 2.75) is 5.75 Å². The molecule has 0 saturated heterocycles. The van der Waals surface area contributed by atoms with E-state index in [9.17, 15) is 14.7 Å². The molecule has 0 aliphatic rings. The minimum atomic E-state index is -0.574. The van der Waals surface area contributed by atoms with Crippen molar-refractivity contribution in [3.8, 4) is 5.88 Å². The van der Waals surface area contributed by atoms with Crippen LogP contribution in [0.1, 0.15) is 11.1 Å². The molecule has 22 heavy (non-hydrogen) atoms. The summed E-state index contributed by atoms with van der Waals surface area (Å²) in [6, 6.07) is 9.73. The van der Waals surface area contributed by atoms with Gasteiger partial charge in [-0.25, -0.2) is 4.79 Å². The normalized spacial score (nSPS) is 11.7. The van der Waals surface area contributed by atoms with Crippen LogP contribution in [0.2, 0.25) is 0 Å². The zero-order valence-corrected chi connectivity index (χ0v) is 13.4. The molecule has 0 bridgehead atoms. The summed E-state index contributed by atoms with van der Waals surface area (Å²) in [7, 11) is 4.34. The highest BCUT2D eigenvalue weighted by atomic mass is 32.2. The van der Waals surface area contributed by atoms with Gasteiger partial charge in [0.15, 0.2) is 0 Å². The summed E-state index contributed by atoms with van der Waals surface area (Å²) in [5.74, 6) is 0.244. The first-order chi connectivity index (χ1) is 10.5. The first-order valence-electron chi connectivity index (χ1n) is 6.60. The molecule has 2 rings (SSSR count). The van der Waals surface area contributed by atoms with E-state index in [1.165, 1.54) is 25.9 Å². The summed E-state index contributed by atoms with van der Waals surface area (Å²) in [6.07, 6.45) is 0. The van der Waals surface area contributed by atoms with Crippen LogP contribution in [-0.2, 0) is 19.8 Å². The summed E-state index contributed by atoms with van der Waals surface area (Å²) in [5, 5.41) is 10.5. The number of thioether (sulfide) groups is 1. The van der Waals surface area contributed by atoms with Crippen LogP contribution in [0.4, 0.5) is 0 Å². The van der Waals surface area contributed by atoms with Gasteiger partial charge in [-0.2, -0.15) is 0 Å². The van der Waals surface area contributed by atoms with E-state index >= 15 is 0 Å². The van der Waals surface area contributed by atoms with Gasteiger partial charge in [-0.3, -0.25) is 18.9 Å². The van der Waals surface area contributed by atoms with E-state index in [0.29, 0.717) is 10.8 Å². The van der Waals surface area contributed by atoms with Gasteiger partial charge in [-0.1, -0.05) is 30.3 Å². The quantitative estimate of drug-likeness (QED) is 0.679. The van der Waals surface area contributed by atoms with E-state index in [1.54, 1.807) is 7.05 Å². The average Bonchev–Trinajstić information content (AvgIpc) is 2.55. The fraction of sp³-hybridized carbons (Fsp3) is 0.267. The van der Waals surface area contributed by atoms with Crippen LogP contribution in [0.3, 0.4) is 0 Å². The second kappa shape index (κ2) is 6.65. The zero-order valence-electron chi connectivity index (χ0n) is 12.6. The van der Waals surface area contributed by atoms with Gasteiger partial charge in [0.1, 0.15) is 10.6 Å². The highest BCUT2D eigenvalue weighted by Gasteiger charge is 2.20. The van der Waals surface area contributed by atoms with Crippen molar-refractivity contribution >= 4 is 16.8 Å². The molecule has 116 valence electrons. The van der Waals surface area contributed by atoms with Crippen molar-refractivity contribution < 1.29 is 5.11 Å². The standard InChI is InChI=1S/C15H17N3O3S/c1-16-12(22-9-10-7-5-4-6-8-10)11-13(19)17(2)15(21)18(3)14(11)20/h4-8,19H,9H2,1-3H3. The Bertz CT molecular complexity index is 822. The zero-order chi connectivity index (χ0) is 16.3. The lowest BCUT2D eigenvalue weighted by Crippen LogP contribution is -2.39. The molecule has 0 radical (unpaired) electrons. The molecule has 0 aliphatic carbocycles. The van der Waals surface area contributed by atoms with Gasteiger partial charge in [0, 0.05) is 26.9 Å². The molecule has 2 aromatic rings. The van der Waals surface area contributed by atoms with Crippen LogP contribution >= 0.6 is 11.8 Å². The number of benzene rings is 1. The topological polar surface area (TPSA) is 76.6 Å². The molecule has 0 spiro atoms. The number of hydrogen-bond donors (Lipinski definition) is 1. The van der Waals surface area contributed by atoms with E-state index in [1.807, 2.05) is 30.3 Å². The van der Waals surface area contributed by atoms with Gasteiger partial charge < -0.3 is 5.11 Å². The minimum absolute atomic E-state index is 0.0491. The summed E-state index contributed by atoms with van der Waals surface area (Å²) in [6.45, 7) is 0. The Morgan fingerprint density at radius 2 is 1.82 bits per heavy atom. The lowest BCUT2D eigenvalue weighted by atomic mass is 10.2. The Kier molecular flexibility index (Phi) is 4.87. The molecule has 0 fully saturated rings. The maximum atomic E-state index is 12.3. The van der Waals surface area contributed by atoms with E-state index in [-0.39, 0.29) is 11.4 Å². The lowest BCUT2D eigenvalue weighted by Gasteiger charge is -2.11. The fourth-order valence-electron chi connectivity index (χ4n) is 2.00. The van der Waals surface area contributed by atoms with E-state index < -0.39 is 11.2 Å². The van der Waals surface area contributed by atoms with Crippen molar-refractivity contribution in [1.82, 2.24) is 9.13 Å². The van der Waals surface area contributed by atoms with Gasteiger partial charge in [0.25, 0.3) is 5.56 Å². The fourth-order valence-corrected chi connectivity index (χ4v) is 2.94. The number of rotatable bonds is 3. The second-order valence-electron chi connectivity index (χ2n) is 4.71. The molecule has 0 atom stereocenters. The maximum absolute atomic E-state index is 12.3. The highest BCUT2D eigenvalue weighted by molar-refractivity contribution is 8.13. The largest absolute Gasteiger partial charge is 0.494 e. The molecule has 0 amide bonds. The second-order valence-corrected chi connectivity index (χ2v) is 5.67. The first-order valence-corrected chi connectivity index (χ1v) is 7.58. The number of aromatic nitrogens is 2. The number of aliphatic imine (C=N–C) groups is 1. The predicted molar refractivity (Wildman–Crippen MR) is 88.8 cm³/mol. The molecule has 0 aliphatic heterocycles. The summed E-state index contributed by atoms with van der Waals surface area (Å²) >= 11 is 1.34. The third-order valence-electron chi connectivity index (χ3n) is 3.27. The van der Waals surface area contributed by atoms with E-state index in [4.69, 9.17) is 0 Å². The van der Waals surface area contributed by atoms with Crippen LogP contribution in [0.5, 0.6) is 5.88 Å². The van der Waals surface area contributed by atoms with Gasteiger partial charge in [0.05, 0.1) is 0 Å².